The van der Waals surface area contributed by atoms with Crippen LogP contribution in [-0.2, 0) is 5.41 Å². The molecule has 3 aromatic carbocycles. The summed E-state index contributed by atoms with van der Waals surface area (Å²) in [5.74, 6) is -0.896. The van der Waals surface area contributed by atoms with Crippen molar-refractivity contribution in [3.8, 4) is 28.2 Å². The lowest BCUT2D eigenvalue weighted by atomic mass is 9.86. The molecule has 0 unspecified atom stereocenters. The first-order valence-electron chi connectivity index (χ1n) is 13.7. The molecule has 1 N–H and O–H groups in total. The van der Waals surface area contributed by atoms with Crippen molar-refractivity contribution in [1.29, 1.82) is 0 Å². The Bertz CT molecular complexity index is 1610. The first-order chi connectivity index (χ1) is 19.4. The van der Waals surface area contributed by atoms with Crippen LogP contribution >= 0.6 is 22.6 Å². The maximum Gasteiger partial charge on any atom is 0.335 e. The van der Waals surface area contributed by atoms with Crippen molar-refractivity contribution in [1.82, 2.24) is 19.6 Å². The van der Waals surface area contributed by atoms with E-state index in [-0.39, 0.29) is 16.9 Å². The lowest BCUT2D eigenvalue weighted by Gasteiger charge is -2.32. The number of carboxylic acid groups (broad SMARTS) is 1. The van der Waals surface area contributed by atoms with E-state index in [2.05, 4.69) is 79.6 Å². The summed E-state index contributed by atoms with van der Waals surface area (Å²) in [4.78, 5) is 28.9. The molecule has 1 fully saturated rings. The zero-order valence-electron chi connectivity index (χ0n) is 24.1. The highest BCUT2D eigenvalue weighted by atomic mass is 127. The molecule has 5 rings (SSSR count). The maximum atomic E-state index is 13.2. The standard InChI is InChI=1S/C33H35IN4O3/c1-21-16-23(8-11-28(21)32(40)41)29-20-30(24-17-25(33(2,3)4)19-26(34)18-24)38(35-29)27-9-6-22(7-10-27)31(39)37-14-12-36(5)13-15-37/h6-11,16-20H,12-15H2,1-5H3,(H,40,41). The van der Waals surface area contributed by atoms with Crippen LogP contribution < -0.4 is 0 Å². The van der Waals surface area contributed by atoms with E-state index >= 15 is 0 Å². The fourth-order valence-corrected chi connectivity index (χ4v) is 5.77. The third kappa shape index (κ3) is 6.23. The number of aryl methyl sites for hydroxylation is 1. The molecule has 1 aliphatic heterocycles. The Morgan fingerprint density at radius 1 is 0.878 bits per heavy atom. The number of hydrogen-bond acceptors (Lipinski definition) is 4. The first kappa shape index (κ1) is 29.0. The third-order valence-electron chi connectivity index (χ3n) is 7.67. The van der Waals surface area contributed by atoms with Gasteiger partial charge in [-0.1, -0.05) is 26.8 Å². The lowest BCUT2D eigenvalue weighted by Crippen LogP contribution is -2.47. The van der Waals surface area contributed by atoms with Crippen molar-refractivity contribution in [2.24, 2.45) is 0 Å². The quantitative estimate of drug-likeness (QED) is 0.247. The Morgan fingerprint density at radius 2 is 1.56 bits per heavy atom. The Balaban J connectivity index is 1.58. The Hall–Kier alpha value is -3.50. The number of aromatic nitrogens is 2. The van der Waals surface area contributed by atoms with Gasteiger partial charge in [-0.15, -0.1) is 0 Å². The first-order valence-corrected chi connectivity index (χ1v) is 14.8. The second-order valence-electron chi connectivity index (χ2n) is 11.8. The number of hydrogen-bond donors (Lipinski definition) is 1. The van der Waals surface area contributed by atoms with Gasteiger partial charge in [-0.2, -0.15) is 5.10 Å². The van der Waals surface area contributed by atoms with Crippen LogP contribution in [0.5, 0.6) is 0 Å². The number of likely N-dealkylation sites (N-methyl/N-ethyl adjacent to an activating group) is 1. The molecule has 4 aromatic rings. The van der Waals surface area contributed by atoms with Crippen LogP contribution in [0.3, 0.4) is 0 Å². The van der Waals surface area contributed by atoms with E-state index in [0.29, 0.717) is 11.1 Å². The van der Waals surface area contributed by atoms with Gasteiger partial charge in [0.1, 0.15) is 0 Å². The van der Waals surface area contributed by atoms with Gasteiger partial charge >= 0.3 is 5.97 Å². The number of piperazine rings is 1. The topological polar surface area (TPSA) is 78.7 Å². The molecule has 1 aliphatic rings. The van der Waals surface area contributed by atoms with Gasteiger partial charge in [0.25, 0.3) is 5.91 Å². The van der Waals surface area contributed by atoms with Crippen molar-refractivity contribution in [3.05, 3.63) is 92.6 Å². The number of rotatable bonds is 5. The van der Waals surface area contributed by atoms with Gasteiger partial charge in [0, 0.05) is 46.4 Å². The third-order valence-corrected chi connectivity index (χ3v) is 8.29. The van der Waals surface area contributed by atoms with Crippen LogP contribution in [0.2, 0.25) is 0 Å². The highest BCUT2D eigenvalue weighted by Crippen LogP contribution is 2.34. The number of benzene rings is 3. The maximum absolute atomic E-state index is 13.2. The average Bonchev–Trinajstić information content (AvgIpc) is 3.38. The van der Waals surface area contributed by atoms with E-state index in [1.54, 1.807) is 19.1 Å². The summed E-state index contributed by atoms with van der Waals surface area (Å²) in [6.07, 6.45) is 0. The summed E-state index contributed by atoms with van der Waals surface area (Å²) in [5, 5.41) is 14.5. The van der Waals surface area contributed by atoms with Gasteiger partial charge in [-0.05, 0) is 114 Å². The summed E-state index contributed by atoms with van der Waals surface area (Å²) >= 11 is 2.36. The minimum atomic E-state index is -0.944. The average molecular weight is 663 g/mol. The number of carbonyl (C=O) groups is 2. The van der Waals surface area contributed by atoms with Crippen molar-refractivity contribution < 1.29 is 14.7 Å². The number of carboxylic acids is 1. The van der Waals surface area contributed by atoms with E-state index < -0.39 is 5.97 Å². The molecule has 0 spiro atoms. The molecule has 0 aliphatic carbocycles. The smallest absolute Gasteiger partial charge is 0.335 e. The Morgan fingerprint density at radius 3 is 2.17 bits per heavy atom. The van der Waals surface area contributed by atoms with Crippen LogP contribution in [0, 0.1) is 10.5 Å². The normalized spacial score (nSPS) is 14.3. The molecule has 1 amide bonds. The zero-order chi connectivity index (χ0) is 29.5. The fraction of sp³-hybridized carbons (Fsp3) is 0.303. The van der Waals surface area contributed by atoms with Gasteiger partial charge < -0.3 is 14.9 Å². The summed E-state index contributed by atoms with van der Waals surface area (Å²) in [6, 6.07) is 21.6. The number of halogens is 1. The summed E-state index contributed by atoms with van der Waals surface area (Å²) < 4.78 is 3.05. The molecule has 0 saturated carbocycles. The zero-order valence-corrected chi connectivity index (χ0v) is 26.3. The minimum absolute atomic E-state index is 0.0291. The lowest BCUT2D eigenvalue weighted by molar-refractivity contribution is 0.0662. The van der Waals surface area contributed by atoms with Crippen LogP contribution in [-0.4, -0.2) is 69.8 Å². The van der Waals surface area contributed by atoms with Crippen LogP contribution in [0.1, 0.15) is 52.6 Å². The molecule has 41 heavy (non-hydrogen) atoms. The monoisotopic (exact) mass is 662 g/mol. The van der Waals surface area contributed by atoms with Gasteiger partial charge in [0.2, 0.25) is 0 Å². The van der Waals surface area contributed by atoms with E-state index in [0.717, 1.165) is 58.0 Å². The fourth-order valence-electron chi connectivity index (χ4n) is 5.10. The van der Waals surface area contributed by atoms with E-state index in [4.69, 9.17) is 5.10 Å². The van der Waals surface area contributed by atoms with Crippen molar-refractivity contribution in [2.75, 3.05) is 33.2 Å². The summed E-state index contributed by atoms with van der Waals surface area (Å²) in [6.45, 7) is 11.6. The highest BCUT2D eigenvalue weighted by Gasteiger charge is 2.22. The molecule has 0 radical (unpaired) electrons. The molecular formula is C33H35IN4O3. The summed E-state index contributed by atoms with van der Waals surface area (Å²) in [5.41, 5.74) is 7.21. The Labute approximate surface area is 254 Å². The predicted molar refractivity (Wildman–Crippen MR) is 171 cm³/mol. The molecule has 2 heterocycles. The van der Waals surface area contributed by atoms with Gasteiger partial charge in [-0.25, -0.2) is 9.48 Å². The second-order valence-corrected chi connectivity index (χ2v) is 13.0. The van der Waals surface area contributed by atoms with E-state index in [1.165, 1.54) is 5.56 Å². The molecule has 212 valence electrons. The SMILES string of the molecule is Cc1cc(-c2cc(-c3cc(I)cc(C(C)(C)C)c3)n(-c3ccc(C(=O)N4CCN(C)CC4)cc3)n2)ccc1C(=O)O. The van der Waals surface area contributed by atoms with E-state index in [1.807, 2.05) is 39.9 Å². The van der Waals surface area contributed by atoms with Crippen LogP contribution in [0.4, 0.5) is 0 Å². The van der Waals surface area contributed by atoms with Crippen molar-refractivity contribution in [2.45, 2.75) is 33.1 Å². The summed E-state index contributed by atoms with van der Waals surface area (Å²) in [7, 11) is 2.08. The number of carbonyl (C=O) groups excluding carboxylic acids is 1. The minimum Gasteiger partial charge on any atom is -0.478 e. The molecular weight excluding hydrogens is 627 g/mol. The number of aromatic carboxylic acids is 1. The van der Waals surface area contributed by atoms with Crippen LogP contribution in [0.15, 0.2) is 66.7 Å². The Kier molecular flexibility index (Phi) is 8.07. The van der Waals surface area contributed by atoms with Gasteiger partial charge in [-0.3, -0.25) is 4.79 Å². The highest BCUT2D eigenvalue weighted by molar-refractivity contribution is 14.1. The molecule has 0 atom stereocenters. The predicted octanol–water partition coefficient (Wildman–Crippen LogP) is 6.50. The van der Waals surface area contributed by atoms with Gasteiger partial charge in [0.05, 0.1) is 22.6 Å². The molecule has 1 saturated heterocycles. The number of nitrogens with zero attached hydrogens (tertiary/aromatic N) is 4. The van der Waals surface area contributed by atoms with Crippen molar-refractivity contribution in [3.63, 3.8) is 0 Å². The largest absolute Gasteiger partial charge is 0.478 e. The van der Waals surface area contributed by atoms with Crippen molar-refractivity contribution >= 4 is 34.5 Å². The van der Waals surface area contributed by atoms with Crippen LogP contribution in [0.25, 0.3) is 28.2 Å². The van der Waals surface area contributed by atoms with Gasteiger partial charge in [0.15, 0.2) is 0 Å². The molecule has 0 bridgehead atoms. The molecule has 7 nitrogen and oxygen atoms in total. The van der Waals surface area contributed by atoms with E-state index in [9.17, 15) is 14.7 Å². The molecule has 1 aromatic heterocycles. The second kappa shape index (κ2) is 11.4. The number of amides is 1. The molecule has 8 heteroatoms.